The van der Waals surface area contributed by atoms with Crippen LogP contribution in [0, 0.1) is 5.92 Å². The summed E-state index contributed by atoms with van der Waals surface area (Å²) >= 11 is 6.10. The first-order valence-corrected chi connectivity index (χ1v) is 11.6. The van der Waals surface area contributed by atoms with E-state index in [1.165, 1.54) is 19.3 Å². The lowest BCUT2D eigenvalue weighted by atomic mass is 9.80. The molecule has 2 aliphatic rings. The van der Waals surface area contributed by atoms with Gasteiger partial charge in [0.15, 0.2) is 5.76 Å². The molecule has 1 aromatic rings. The highest BCUT2D eigenvalue weighted by Gasteiger charge is 2.39. The summed E-state index contributed by atoms with van der Waals surface area (Å²) in [5, 5.41) is 10.1. The van der Waals surface area contributed by atoms with Crippen LogP contribution in [0.1, 0.15) is 63.4 Å². The van der Waals surface area contributed by atoms with E-state index in [0.29, 0.717) is 23.8 Å². The van der Waals surface area contributed by atoms with Crippen molar-refractivity contribution < 1.29 is 19.4 Å². The topological polar surface area (TPSA) is 59.0 Å². The summed E-state index contributed by atoms with van der Waals surface area (Å²) in [6.45, 7) is 2.54. The van der Waals surface area contributed by atoms with Gasteiger partial charge in [-0.1, -0.05) is 43.0 Å². The van der Waals surface area contributed by atoms with E-state index < -0.39 is 6.29 Å². The smallest absolute Gasteiger partial charge is 0.288 e. The fraction of sp³-hybridized carbons (Fsp3) is 0.625. The summed E-state index contributed by atoms with van der Waals surface area (Å²) in [6, 6.07) is 8.00. The number of carbonyl (C=O) groups excluding carboxylic acids is 1. The Morgan fingerprint density at radius 2 is 1.93 bits per heavy atom. The Morgan fingerprint density at radius 3 is 2.57 bits per heavy atom. The molecule has 1 aromatic carbocycles. The van der Waals surface area contributed by atoms with Gasteiger partial charge in [0.05, 0.1) is 0 Å². The van der Waals surface area contributed by atoms with Gasteiger partial charge < -0.3 is 19.5 Å². The van der Waals surface area contributed by atoms with Gasteiger partial charge >= 0.3 is 0 Å². The molecule has 6 heteroatoms. The first-order chi connectivity index (χ1) is 14.5. The lowest BCUT2D eigenvalue weighted by Gasteiger charge is -2.39. The van der Waals surface area contributed by atoms with Gasteiger partial charge in [-0.25, -0.2) is 0 Å². The minimum absolute atomic E-state index is 0.00909. The van der Waals surface area contributed by atoms with E-state index in [2.05, 4.69) is 0 Å². The normalized spacial score (nSPS) is 24.8. The molecule has 0 radical (unpaired) electrons. The maximum Gasteiger partial charge on any atom is 0.288 e. The summed E-state index contributed by atoms with van der Waals surface area (Å²) in [4.78, 5) is 15.2. The summed E-state index contributed by atoms with van der Waals surface area (Å²) in [7, 11) is 1.88. The molecule has 3 rings (SSSR count). The number of aliphatic hydroxyl groups excluding tert-OH is 1. The molecular formula is C24H34ClNO4. The third kappa shape index (κ3) is 5.57. The first-order valence-electron chi connectivity index (χ1n) is 11.2. The molecule has 1 saturated carbocycles. The number of rotatable bonds is 8. The third-order valence-corrected chi connectivity index (χ3v) is 6.57. The molecule has 0 spiro atoms. The molecule has 1 heterocycles. The van der Waals surface area contributed by atoms with Crippen molar-refractivity contribution in [2.24, 2.45) is 5.92 Å². The standard InChI is InChI=1S/C24H34ClNO4/c1-3-29-24-20(10-7-15-27)21(17-11-13-18(25)14-12-17)16-22(30-24)23(28)26(2)19-8-5-4-6-9-19/h11-14,16,19-21,24,27H,3-10,15H2,1-2H3/t20-,21-,24-/m1/s1. The van der Waals surface area contributed by atoms with Crippen LogP contribution in [0.15, 0.2) is 36.1 Å². The zero-order valence-electron chi connectivity index (χ0n) is 18.1. The molecule has 1 fully saturated rings. The summed E-state index contributed by atoms with van der Waals surface area (Å²) < 4.78 is 12.1. The maximum absolute atomic E-state index is 13.3. The largest absolute Gasteiger partial charge is 0.459 e. The number of allylic oxidation sites excluding steroid dienone is 1. The summed E-state index contributed by atoms with van der Waals surface area (Å²) in [5.41, 5.74) is 1.07. The Kier molecular flexibility index (Phi) is 8.61. The number of carbonyl (C=O) groups is 1. The molecule has 0 saturated heterocycles. The average Bonchev–Trinajstić information content (AvgIpc) is 2.78. The fourth-order valence-electron chi connectivity index (χ4n) is 4.63. The molecule has 0 bridgehead atoms. The number of hydrogen-bond acceptors (Lipinski definition) is 4. The second kappa shape index (κ2) is 11.2. The molecule has 5 nitrogen and oxygen atoms in total. The van der Waals surface area contributed by atoms with Crippen LogP contribution >= 0.6 is 11.6 Å². The number of hydrogen-bond donors (Lipinski definition) is 1. The third-order valence-electron chi connectivity index (χ3n) is 6.32. The van der Waals surface area contributed by atoms with Crippen molar-refractivity contribution in [3.8, 4) is 0 Å². The molecule has 166 valence electrons. The van der Waals surface area contributed by atoms with Crippen molar-refractivity contribution in [1.29, 1.82) is 0 Å². The average molecular weight is 436 g/mol. The predicted molar refractivity (Wildman–Crippen MR) is 118 cm³/mol. The quantitative estimate of drug-likeness (QED) is 0.632. The Labute approximate surface area is 185 Å². The van der Waals surface area contributed by atoms with Crippen molar-refractivity contribution in [2.45, 2.75) is 70.1 Å². The van der Waals surface area contributed by atoms with Crippen LogP contribution in [-0.2, 0) is 14.3 Å². The number of ether oxygens (including phenoxy) is 2. The van der Waals surface area contributed by atoms with Crippen LogP contribution in [0.3, 0.4) is 0 Å². The van der Waals surface area contributed by atoms with Crippen molar-refractivity contribution in [3.05, 3.63) is 46.7 Å². The highest BCUT2D eigenvalue weighted by Crippen LogP contribution is 2.40. The van der Waals surface area contributed by atoms with Gasteiger partial charge in [-0.15, -0.1) is 0 Å². The van der Waals surface area contributed by atoms with Gasteiger partial charge in [-0.3, -0.25) is 4.79 Å². The van der Waals surface area contributed by atoms with Gasteiger partial charge in [0.1, 0.15) is 0 Å². The van der Waals surface area contributed by atoms with E-state index in [0.717, 1.165) is 24.8 Å². The van der Waals surface area contributed by atoms with Gasteiger partial charge in [0.2, 0.25) is 6.29 Å². The van der Waals surface area contributed by atoms with E-state index >= 15 is 0 Å². The van der Waals surface area contributed by atoms with E-state index in [1.807, 2.05) is 49.2 Å². The van der Waals surface area contributed by atoms with Crippen molar-refractivity contribution in [2.75, 3.05) is 20.3 Å². The number of nitrogens with zero attached hydrogens (tertiary/aromatic N) is 1. The molecular weight excluding hydrogens is 402 g/mol. The maximum atomic E-state index is 13.3. The van der Waals surface area contributed by atoms with Crippen LogP contribution in [0.2, 0.25) is 5.02 Å². The lowest BCUT2D eigenvalue weighted by Crippen LogP contribution is -2.43. The monoisotopic (exact) mass is 435 g/mol. The van der Waals surface area contributed by atoms with Crippen molar-refractivity contribution in [1.82, 2.24) is 4.90 Å². The molecule has 1 amide bonds. The second-order valence-corrected chi connectivity index (χ2v) is 8.72. The predicted octanol–water partition coefficient (Wildman–Crippen LogP) is 4.88. The second-order valence-electron chi connectivity index (χ2n) is 8.29. The zero-order chi connectivity index (χ0) is 21.5. The van der Waals surface area contributed by atoms with Crippen LogP contribution in [0.5, 0.6) is 0 Å². The molecule has 0 aromatic heterocycles. The van der Waals surface area contributed by atoms with E-state index in [1.54, 1.807) is 0 Å². The van der Waals surface area contributed by atoms with Gasteiger partial charge in [0, 0.05) is 43.2 Å². The molecule has 1 aliphatic heterocycles. The lowest BCUT2D eigenvalue weighted by molar-refractivity contribution is -0.170. The first kappa shape index (κ1) is 23.1. The highest BCUT2D eigenvalue weighted by molar-refractivity contribution is 6.30. The Hall–Kier alpha value is -1.56. The van der Waals surface area contributed by atoms with Crippen LogP contribution < -0.4 is 0 Å². The van der Waals surface area contributed by atoms with Gasteiger partial charge in [-0.05, 0) is 56.4 Å². The number of benzene rings is 1. The van der Waals surface area contributed by atoms with E-state index in [4.69, 9.17) is 21.1 Å². The summed E-state index contributed by atoms with van der Waals surface area (Å²) in [5.74, 6) is 0.250. The number of halogens is 1. The fourth-order valence-corrected chi connectivity index (χ4v) is 4.76. The van der Waals surface area contributed by atoms with Gasteiger partial charge in [0.25, 0.3) is 5.91 Å². The van der Waals surface area contributed by atoms with Gasteiger partial charge in [-0.2, -0.15) is 0 Å². The SMILES string of the molecule is CCO[C@@H]1OC(C(=O)N(C)C2CCCCC2)=C[C@H](c2ccc(Cl)cc2)[C@H]1CCCO. The molecule has 3 atom stereocenters. The molecule has 1 aliphatic carbocycles. The van der Waals surface area contributed by atoms with Crippen LogP contribution in [0.25, 0.3) is 0 Å². The van der Waals surface area contributed by atoms with E-state index in [9.17, 15) is 9.90 Å². The van der Waals surface area contributed by atoms with Crippen molar-refractivity contribution >= 4 is 17.5 Å². The molecule has 1 N–H and O–H groups in total. The zero-order valence-corrected chi connectivity index (χ0v) is 18.8. The molecule has 30 heavy (non-hydrogen) atoms. The Morgan fingerprint density at radius 1 is 1.23 bits per heavy atom. The minimum atomic E-state index is -0.522. The molecule has 0 unspecified atom stereocenters. The Balaban J connectivity index is 1.90. The summed E-state index contributed by atoms with van der Waals surface area (Å²) in [6.07, 6.45) is 8.49. The van der Waals surface area contributed by atoms with E-state index in [-0.39, 0.29) is 30.4 Å². The number of amides is 1. The van der Waals surface area contributed by atoms with Crippen LogP contribution in [-0.4, -0.2) is 48.5 Å². The van der Waals surface area contributed by atoms with Crippen molar-refractivity contribution in [3.63, 3.8) is 0 Å². The highest BCUT2D eigenvalue weighted by atomic mass is 35.5. The van der Waals surface area contributed by atoms with Crippen LogP contribution in [0.4, 0.5) is 0 Å². The number of aliphatic hydroxyl groups is 1. The minimum Gasteiger partial charge on any atom is -0.459 e. The number of likely N-dealkylation sites (N-methyl/N-ethyl adjacent to an activating group) is 1. The Bertz CT molecular complexity index is 714.